The number of carbonyl (C=O) groups is 2. The first kappa shape index (κ1) is 25.6. The summed E-state index contributed by atoms with van der Waals surface area (Å²) in [5, 5.41) is 6.43. The van der Waals surface area contributed by atoms with Crippen molar-refractivity contribution in [1.82, 2.24) is 10.3 Å². The van der Waals surface area contributed by atoms with Crippen LogP contribution in [0.5, 0.6) is 11.5 Å². The molecule has 0 bridgehead atoms. The van der Waals surface area contributed by atoms with Crippen molar-refractivity contribution in [3.8, 4) is 11.5 Å². The predicted molar refractivity (Wildman–Crippen MR) is 151 cm³/mol. The van der Waals surface area contributed by atoms with Gasteiger partial charge in [0.1, 0.15) is 17.5 Å². The SMILES string of the molecule is O=C(NC(COCc1ccccc1)C(=O)Nc1ccc(Oc2ccccc2)cc1)c1ccnc2ccccc12. The van der Waals surface area contributed by atoms with Crippen molar-refractivity contribution < 1.29 is 19.1 Å². The molecule has 2 amide bonds. The molecule has 0 radical (unpaired) electrons. The fraction of sp³-hybridized carbons (Fsp3) is 0.0938. The van der Waals surface area contributed by atoms with E-state index in [1.54, 1.807) is 36.5 Å². The summed E-state index contributed by atoms with van der Waals surface area (Å²) in [4.78, 5) is 30.9. The van der Waals surface area contributed by atoms with E-state index in [1.807, 2.05) is 84.9 Å². The maximum absolute atomic E-state index is 13.3. The van der Waals surface area contributed by atoms with Gasteiger partial charge >= 0.3 is 0 Å². The number of amides is 2. The molecule has 1 atom stereocenters. The van der Waals surface area contributed by atoms with Crippen molar-refractivity contribution in [2.45, 2.75) is 12.6 Å². The van der Waals surface area contributed by atoms with Gasteiger partial charge in [-0.15, -0.1) is 0 Å². The first-order valence-electron chi connectivity index (χ1n) is 12.6. The third-order valence-corrected chi connectivity index (χ3v) is 6.01. The van der Waals surface area contributed by atoms with Crippen molar-refractivity contribution in [1.29, 1.82) is 0 Å². The average Bonchev–Trinajstić information content (AvgIpc) is 2.98. The molecule has 0 saturated carbocycles. The lowest BCUT2D eigenvalue weighted by Crippen LogP contribution is -2.46. The molecule has 194 valence electrons. The molecule has 7 heteroatoms. The van der Waals surface area contributed by atoms with Gasteiger partial charge < -0.3 is 20.1 Å². The van der Waals surface area contributed by atoms with Crippen LogP contribution in [-0.2, 0) is 16.1 Å². The van der Waals surface area contributed by atoms with Crippen LogP contribution < -0.4 is 15.4 Å². The van der Waals surface area contributed by atoms with Gasteiger partial charge in [-0.1, -0.05) is 66.7 Å². The molecule has 0 spiro atoms. The number of pyridine rings is 1. The first-order chi connectivity index (χ1) is 19.2. The topological polar surface area (TPSA) is 89.5 Å². The number of fused-ring (bicyclic) bond motifs is 1. The molecule has 5 aromatic rings. The van der Waals surface area contributed by atoms with Gasteiger partial charge in [-0.05, 0) is 54.1 Å². The number of aromatic nitrogens is 1. The van der Waals surface area contributed by atoms with Gasteiger partial charge in [-0.2, -0.15) is 0 Å². The van der Waals surface area contributed by atoms with Crippen LogP contribution in [-0.4, -0.2) is 29.4 Å². The lowest BCUT2D eigenvalue weighted by Gasteiger charge is -2.19. The molecule has 0 fully saturated rings. The Morgan fingerprint density at radius 3 is 2.18 bits per heavy atom. The molecule has 1 heterocycles. The summed E-state index contributed by atoms with van der Waals surface area (Å²) in [5.74, 6) is 0.575. The lowest BCUT2D eigenvalue weighted by molar-refractivity contribution is -0.119. The number of ether oxygens (including phenoxy) is 2. The van der Waals surface area contributed by atoms with Crippen molar-refractivity contribution in [2.75, 3.05) is 11.9 Å². The van der Waals surface area contributed by atoms with E-state index in [-0.39, 0.29) is 12.5 Å². The second-order valence-electron chi connectivity index (χ2n) is 8.83. The summed E-state index contributed by atoms with van der Waals surface area (Å²) in [7, 11) is 0. The highest BCUT2D eigenvalue weighted by molar-refractivity contribution is 6.08. The van der Waals surface area contributed by atoms with Crippen molar-refractivity contribution in [2.24, 2.45) is 0 Å². The summed E-state index contributed by atoms with van der Waals surface area (Å²) in [6, 6.07) is 34.2. The molecule has 2 N–H and O–H groups in total. The second-order valence-corrected chi connectivity index (χ2v) is 8.83. The quantitative estimate of drug-likeness (QED) is 0.238. The molecular formula is C32H27N3O4. The van der Waals surface area contributed by atoms with E-state index >= 15 is 0 Å². The number of para-hydroxylation sites is 2. The Labute approximate surface area is 226 Å². The van der Waals surface area contributed by atoms with Crippen LogP contribution in [0.2, 0.25) is 0 Å². The fourth-order valence-corrected chi connectivity index (χ4v) is 4.04. The number of hydrogen-bond acceptors (Lipinski definition) is 5. The Bertz CT molecular complexity index is 1540. The number of nitrogens with zero attached hydrogens (tertiary/aromatic N) is 1. The van der Waals surface area contributed by atoms with Crippen LogP contribution >= 0.6 is 0 Å². The van der Waals surface area contributed by atoms with E-state index < -0.39 is 11.9 Å². The van der Waals surface area contributed by atoms with Crippen molar-refractivity contribution in [3.63, 3.8) is 0 Å². The van der Waals surface area contributed by atoms with Gasteiger partial charge in [-0.25, -0.2) is 0 Å². The molecule has 39 heavy (non-hydrogen) atoms. The number of hydrogen-bond donors (Lipinski definition) is 2. The third kappa shape index (κ3) is 6.85. The smallest absolute Gasteiger partial charge is 0.252 e. The van der Waals surface area contributed by atoms with E-state index in [4.69, 9.17) is 9.47 Å². The van der Waals surface area contributed by atoms with Crippen molar-refractivity contribution >= 4 is 28.4 Å². The predicted octanol–water partition coefficient (Wildman–Crippen LogP) is 5.98. The van der Waals surface area contributed by atoms with Crippen LogP contribution in [0.25, 0.3) is 10.9 Å². The largest absolute Gasteiger partial charge is 0.457 e. The minimum atomic E-state index is -0.937. The Balaban J connectivity index is 1.29. The zero-order chi connectivity index (χ0) is 26.9. The minimum Gasteiger partial charge on any atom is -0.457 e. The molecule has 0 aliphatic heterocycles. The maximum atomic E-state index is 13.3. The standard InChI is InChI=1S/C32H27N3O4/c36-31(28-19-20-33-29-14-8-7-13-27(28)29)35-30(22-38-21-23-9-3-1-4-10-23)32(37)34-24-15-17-26(18-16-24)39-25-11-5-2-6-12-25/h1-20,30H,21-22H2,(H,34,37)(H,35,36). The van der Waals surface area contributed by atoms with E-state index in [0.29, 0.717) is 34.5 Å². The van der Waals surface area contributed by atoms with Crippen molar-refractivity contribution in [3.05, 3.63) is 133 Å². The van der Waals surface area contributed by atoms with E-state index in [1.165, 1.54) is 0 Å². The Morgan fingerprint density at radius 1 is 0.744 bits per heavy atom. The second kappa shape index (κ2) is 12.5. The number of benzene rings is 4. The summed E-state index contributed by atoms with van der Waals surface area (Å²) in [5.41, 5.74) is 2.67. The Morgan fingerprint density at radius 2 is 1.41 bits per heavy atom. The van der Waals surface area contributed by atoms with E-state index in [9.17, 15) is 9.59 Å². The molecule has 0 saturated heterocycles. The monoisotopic (exact) mass is 517 g/mol. The van der Waals surface area contributed by atoms with Gasteiger partial charge in [0.15, 0.2) is 0 Å². The average molecular weight is 518 g/mol. The molecule has 5 rings (SSSR count). The summed E-state index contributed by atoms with van der Waals surface area (Å²) < 4.78 is 11.7. The number of anilines is 1. The van der Waals surface area contributed by atoms with Gasteiger partial charge in [0.05, 0.1) is 24.3 Å². The molecule has 0 aliphatic rings. The minimum absolute atomic E-state index is 0.00924. The van der Waals surface area contributed by atoms with Crippen LogP contribution in [0.15, 0.2) is 121 Å². The highest BCUT2D eigenvalue weighted by Gasteiger charge is 2.23. The summed E-state index contributed by atoms with van der Waals surface area (Å²) >= 11 is 0. The third-order valence-electron chi connectivity index (χ3n) is 6.01. The highest BCUT2D eigenvalue weighted by atomic mass is 16.5. The van der Waals surface area contributed by atoms with Gasteiger partial charge in [0.2, 0.25) is 5.91 Å². The molecule has 1 unspecified atom stereocenters. The van der Waals surface area contributed by atoms with Crippen LogP contribution in [0.1, 0.15) is 15.9 Å². The van der Waals surface area contributed by atoms with Crippen LogP contribution in [0, 0.1) is 0 Å². The number of carbonyl (C=O) groups excluding carboxylic acids is 2. The van der Waals surface area contributed by atoms with Gasteiger partial charge in [0, 0.05) is 17.3 Å². The molecule has 1 aromatic heterocycles. The van der Waals surface area contributed by atoms with Gasteiger partial charge in [-0.3, -0.25) is 14.6 Å². The Kier molecular flexibility index (Phi) is 8.21. The molecular weight excluding hydrogens is 490 g/mol. The van der Waals surface area contributed by atoms with Gasteiger partial charge in [0.25, 0.3) is 5.91 Å². The van der Waals surface area contributed by atoms with Crippen LogP contribution in [0.4, 0.5) is 5.69 Å². The fourth-order valence-electron chi connectivity index (χ4n) is 4.04. The summed E-state index contributed by atoms with van der Waals surface area (Å²) in [6.45, 7) is 0.300. The van der Waals surface area contributed by atoms with E-state index in [0.717, 1.165) is 11.3 Å². The lowest BCUT2D eigenvalue weighted by atomic mass is 10.1. The normalized spacial score (nSPS) is 11.5. The highest BCUT2D eigenvalue weighted by Crippen LogP contribution is 2.23. The molecule has 0 aliphatic carbocycles. The number of rotatable bonds is 10. The zero-order valence-corrected chi connectivity index (χ0v) is 21.1. The zero-order valence-electron chi connectivity index (χ0n) is 21.1. The van der Waals surface area contributed by atoms with E-state index in [2.05, 4.69) is 15.6 Å². The summed E-state index contributed by atoms with van der Waals surface area (Å²) in [6.07, 6.45) is 1.58. The molecule has 7 nitrogen and oxygen atoms in total. The number of nitrogens with one attached hydrogen (secondary N) is 2. The first-order valence-corrected chi connectivity index (χ1v) is 12.6. The molecule has 4 aromatic carbocycles. The van der Waals surface area contributed by atoms with Crippen LogP contribution in [0.3, 0.4) is 0 Å². The maximum Gasteiger partial charge on any atom is 0.252 e. The Hall–Kier alpha value is -5.01.